The van der Waals surface area contributed by atoms with Crippen LogP contribution in [0.2, 0.25) is 0 Å². The van der Waals surface area contributed by atoms with Gasteiger partial charge in [-0.05, 0) is 61.3 Å². The van der Waals surface area contributed by atoms with Crippen molar-refractivity contribution in [2.45, 2.75) is 51.5 Å². The molecule has 1 saturated heterocycles. The number of hydrogen-bond acceptors (Lipinski definition) is 5. The van der Waals surface area contributed by atoms with Gasteiger partial charge in [0.1, 0.15) is 17.8 Å². The molecular formula is C28H35N7O. The first kappa shape index (κ1) is 23.2. The van der Waals surface area contributed by atoms with Crippen molar-refractivity contribution in [2.24, 2.45) is 25.9 Å². The molecule has 1 aliphatic heterocycles. The Morgan fingerprint density at radius 1 is 1.08 bits per heavy atom. The Hall–Kier alpha value is -3.26. The molecule has 1 saturated carbocycles. The average molecular weight is 486 g/mol. The minimum Gasteiger partial charge on any atom is -0.335 e. The Labute approximate surface area is 211 Å². The van der Waals surface area contributed by atoms with Gasteiger partial charge in [0.05, 0.1) is 16.7 Å². The quantitative estimate of drug-likeness (QED) is 0.430. The molecule has 0 unspecified atom stereocenters. The van der Waals surface area contributed by atoms with Crippen molar-refractivity contribution in [1.82, 2.24) is 33.8 Å². The number of aryl methyl sites for hydroxylation is 2. The maximum atomic E-state index is 13.7. The van der Waals surface area contributed by atoms with E-state index in [1.54, 1.807) is 10.8 Å². The Morgan fingerprint density at radius 2 is 1.92 bits per heavy atom. The fourth-order valence-corrected chi connectivity index (χ4v) is 6.56. The van der Waals surface area contributed by atoms with E-state index in [0.29, 0.717) is 17.4 Å². The van der Waals surface area contributed by atoms with Crippen LogP contribution in [0.25, 0.3) is 16.8 Å². The third-order valence-corrected chi connectivity index (χ3v) is 8.23. The van der Waals surface area contributed by atoms with Crippen LogP contribution in [0.4, 0.5) is 0 Å². The van der Waals surface area contributed by atoms with Gasteiger partial charge in [0.15, 0.2) is 0 Å². The van der Waals surface area contributed by atoms with E-state index in [-0.39, 0.29) is 11.0 Å². The second-order valence-corrected chi connectivity index (χ2v) is 11.3. The summed E-state index contributed by atoms with van der Waals surface area (Å²) < 4.78 is 5.62. The van der Waals surface area contributed by atoms with Gasteiger partial charge in [-0.15, -0.1) is 10.2 Å². The summed E-state index contributed by atoms with van der Waals surface area (Å²) in [5.41, 5.74) is 4.30. The predicted octanol–water partition coefficient (Wildman–Crippen LogP) is 3.78. The molecule has 1 aliphatic carbocycles. The molecule has 3 aromatic heterocycles. The highest BCUT2D eigenvalue weighted by Crippen LogP contribution is 2.51. The standard InChI is InChI=1S/C28H35N7O/c1-19-7-6-10-34(15-19)16-23-12-25-32(3)17-24(26(36)35(25)31-23)21-8-5-9-22(11-21)28(13-20(2)14-28)27-30-29-18-33(27)4/h5,8-9,11-12,17-20H,6-7,10,13-16H2,1-4H3/t19-,20?,28?/m0/s1. The van der Waals surface area contributed by atoms with Crippen LogP contribution in [0, 0.1) is 11.8 Å². The molecule has 0 radical (unpaired) electrons. The van der Waals surface area contributed by atoms with Crippen LogP contribution < -0.4 is 5.56 Å². The number of benzene rings is 1. The van der Waals surface area contributed by atoms with Crippen molar-refractivity contribution < 1.29 is 0 Å². The number of likely N-dealkylation sites (tertiary alicyclic amines) is 1. The summed E-state index contributed by atoms with van der Waals surface area (Å²) in [6.45, 7) is 7.56. The molecule has 36 heavy (non-hydrogen) atoms. The van der Waals surface area contributed by atoms with E-state index in [0.717, 1.165) is 55.2 Å². The topological polar surface area (TPSA) is 73.2 Å². The second-order valence-electron chi connectivity index (χ2n) is 11.3. The Bertz CT molecular complexity index is 1470. The van der Waals surface area contributed by atoms with Crippen molar-refractivity contribution in [1.29, 1.82) is 0 Å². The van der Waals surface area contributed by atoms with Crippen LogP contribution in [-0.2, 0) is 26.1 Å². The molecule has 1 aromatic carbocycles. The third-order valence-electron chi connectivity index (χ3n) is 8.23. The lowest BCUT2D eigenvalue weighted by Crippen LogP contribution is -2.43. The van der Waals surface area contributed by atoms with Gasteiger partial charge in [-0.1, -0.05) is 32.0 Å². The van der Waals surface area contributed by atoms with Gasteiger partial charge in [-0.3, -0.25) is 9.69 Å². The third kappa shape index (κ3) is 3.79. The molecule has 0 amide bonds. The van der Waals surface area contributed by atoms with Crippen LogP contribution in [0.3, 0.4) is 0 Å². The number of piperidine rings is 1. The van der Waals surface area contributed by atoms with Gasteiger partial charge in [-0.2, -0.15) is 9.61 Å². The van der Waals surface area contributed by atoms with Crippen molar-refractivity contribution >= 4 is 5.65 Å². The molecular weight excluding hydrogens is 450 g/mol. The molecule has 0 N–H and O–H groups in total. The summed E-state index contributed by atoms with van der Waals surface area (Å²) in [7, 11) is 4.00. The van der Waals surface area contributed by atoms with Crippen LogP contribution in [0.15, 0.2) is 47.7 Å². The van der Waals surface area contributed by atoms with Gasteiger partial charge < -0.3 is 9.13 Å². The van der Waals surface area contributed by atoms with Crippen molar-refractivity contribution in [3.63, 3.8) is 0 Å². The lowest BCUT2D eigenvalue weighted by Gasteiger charge is -2.46. The second kappa shape index (κ2) is 8.69. The predicted molar refractivity (Wildman–Crippen MR) is 140 cm³/mol. The van der Waals surface area contributed by atoms with Crippen molar-refractivity contribution in [2.75, 3.05) is 13.1 Å². The molecule has 0 bridgehead atoms. The van der Waals surface area contributed by atoms with E-state index in [2.05, 4.69) is 53.2 Å². The maximum absolute atomic E-state index is 13.7. The zero-order valence-electron chi connectivity index (χ0n) is 21.7. The lowest BCUT2D eigenvalue weighted by atomic mass is 9.58. The molecule has 2 fully saturated rings. The Kier molecular flexibility index (Phi) is 5.59. The minimum absolute atomic E-state index is 0.0757. The number of nitrogens with zero attached hydrogens (tertiary/aromatic N) is 7. The molecule has 8 nitrogen and oxygen atoms in total. The largest absolute Gasteiger partial charge is 0.335 e. The summed E-state index contributed by atoms with van der Waals surface area (Å²) in [6.07, 6.45) is 8.29. The average Bonchev–Trinajstić information content (AvgIpc) is 3.46. The van der Waals surface area contributed by atoms with Gasteiger partial charge in [-0.25, -0.2) is 0 Å². The molecule has 4 aromatic rings. The molecule has 2 aliphatic rings. The maximum Gasteiger partial charge on any atom is 0.282 e. The highest BCUT2D eigenvalue weighted by molar-refractivity contribution is 5.65. The van der Waals surface area contributed by atoms with E-state index in [4.69, 9.17) is 5.10 Å². The van der Waals surface area contributed by atoms with Crippen molar-refractivity contribution in [3.8, 4) is 11.1 Å². The van der Waals surface area contributed by atoms with E-state index >= 15 is 0 Å². The van der Waals surface area contributed by atoms with E-state index < -0.39 is 0 Å². The first-order valence-corrected chi connectivity index (χ1v) is 13.1. The van der Waals surface area contributed by atoms with Crippen LogP contribution in [0.1, 0.15) is 56.6 Å². The van der Waals surface area contributed by atoms with Gasteiger partial charge in [0.2, 0.25) is 0 Å². The summed E-state index contributed by atoms with van der Waals surface area (Å²) in [6, 6.07) is 10.5. The van der Waals surface area contributed by atoms with Crippen LogP contribution in [0.5, 0.6) is 0 Å². The SMILES string of the molecule is CC1CC(c2cccc(-c3cn(C)c4cc(CN5CCC[C@H](C)C5)nn4c3=O)c2)(c2nncn2C)C1. The zero-order valence-corrected chi connectivity index (χ0v) is 21.7. The Balaban J connectivity index is 1.38. The molecule has 6 rings (SSSR count). The molecule has 0 spiro atoms. The smallest absolute Gasteiger partial charge is 0.282 e. The summed E-state index contributed by atoms with van der Waals surface area (Å²) in [4.78, 5) is 16.1. The number of hydrogen-bond donors (Lipinski definition) is 0. The van der Waals surface area contributed by atoms with Crippen LogP contribution in [-0.4, -0.2) is 46.9 Å². The van der Waals surface area contributed by atoms with Crippen LogP contribution >= 0.6 is 0 Å². The first-order valence-electron chi connectivity index (χ1n) is 13.1. The number of rotatable bonds is 5. The monoisotopic (exact) mass is 485 g/mol. The minimum atomic E-state index is -0.166. The first-order chi connectivity index (χ1) is 17.3. The highest BCUT2D eigenvalue weighted by atomic mass is 16.1. The highest BCUT2D eigenvalue weighted by Gasteiger charge is 2.48. The summed E-state index contributed by atoms with van der Waals surface area (Å²) in [5.74, 6) is 2.33. The van der Waals surface area contributed by atoms with Crippen molar-refractivity contribution in [3.05, 3.63) is 70.3 Å². The normalized spacial score (nSPS) is 24.8. The van der Waals surface area contributed by atoms with Gasteiger partial charge in [0.25, 0.3) is 5.56 Å². The van der Waals surface area contributed by atoms with Gasteiger partial charge in [0, 0.05) is 39.4 Å². The fourth-order valence-electron chi connectivity index (χ4n) is 6.56. The van der Waals surface area contributed by atoms with E-state index in [1.165, 1.54) is 18.4 Å². The number of aromatic nitrogens is 6. The molecule has 4 heterocycles. The lowest BCUT2D eigenvalue weighted by molar-refractivity contribution is 0.174. The summed E-state index contributed by atoms with van der Waals surface area (Å²) >= 11 is 0. The van der Waals surface area contributed by atoms with E-state index in [9.17, 15) is 4.79 Å². The zero-order chi connectivity index (χ0) is 25.0. The molecule has 8 heteroatoms. The number of fused-ring (bicyclic) bond motifs is 1. The van der Waals surface area contributed by atoms with E-state index in [1.807, 2.05) is 35.5 Å². The Morgan fingerprint density at radius 3 is 2.64 bits per heavy atom. The molecule has 1 atom stereocenters. The molecule has 188 valence electrons. The fraction of sp³-hybridized carbons (Fsp3) is 0.500. The van der Waals surface area contributed by atoms with Gasteiger partial charge >= 0.3 is 0 Å². The summed E-state index contributed by atoms with van der Waals surface area (Å²) in [5, 5.41) is 13.4.